The minimum atomic E-state index is -0.722. The lowest BCUT2D eigenvalue weighted by atomic mass is 9.85. The molecule has 0 N–H and O–H groups in total. The van der Waals surface area contributed by atoms with Gasteiger partial charge < -0.3 is 9.53 Å². The summed E-state index contributed by atoms with van der Waals surface area (Å²) in [4.78, 5) is 21.0. The Morgan fingerprint density at radius 1 is 1.44 bits per heavy atom. The van der Waals surface area contributed by atoms with Crippen molar-refractivity contribution in [3.8, 4) is 5.75 Å². The van der Waals surface area contributed by atoms with Gasteiger partial charge in [0.2, 0.25) is 0 Å². The first-order valence-corrected chi connectivity index (χ1v) is 4.71. The zero-order valence-electron chi connectivity index (χ0n) is 9.39. The molecule has 0 amide bonds. The number of ether oxygens (including phenoxy) is 1. The second-order valence-corrected chi connectivity index (χ2v) is 3.98. The lowest BCUT2D eigenvalue weighted by Crippen LogP contribution is -2.19. The Kier molecular flexibility index (Phi) is 3.27. The van der Waals surface area contributed by atoms with Crippen LogP contribution in [0.1, 0.15) is 19.4 Å². The molecule has 0 spiro atoms. The smallest absolute Gasteiger partial charge is 0.273 e. The van der Waals surface area contributed by atoms with Gasteiger partial charge in [0, 0.05) is 17.0 Å². The molecule has 1 aromatic carbocycles. The normalized spacial score (nSPS) is 10.9. The average molecular weight is 223 g/mol. The van der Waals surface area contributed by atoms with E-state index in [4.69, 9.17) is 4.74 Å². The van der Waals surface area contributed by atoms with Gasteiger partial charge in [-0.05, 0) is 19.9 Å². The molecule has 16 heavy (non-hydrogen) atoms. The van der Waals surface area contributed by atoms with Crippen molar-refractivity contribution in [2.45, 2.75) is 19.3 Å². The van der Waals surface area contributed by atoms with Gasteiger partial charge in [-0.15, -0.1) is 0 Å². The number of methoxy groups -OCH3 is 1. The van der Waals surface area contributed by atoms with Crippen molar-refractivity contribution >= 4 is 12.0 Å². The highest BCUT2D eigenvalue weighted by Crippen LogP contribution is 2.32. The third-order valence-corrected chi connectivity index (χ3v) is 2.38. The molecule has 0 bridgehead atoms. The first-order chi connectivity index (χ1) is 7.42. The lowest BCUT2D eigenvalue weighted by Gasteiger charge is -2.20. The molecule has 1 rings (SSSR count). The fraction of sp³-hybridized carbons (Fsp3) is 0.364. The summed E-state index contributed by atoms with van der Waals surface area (Å²) in [5.41, 5.74) is -0.140. The van der Waals surface area contributed by atoms with E-state index in [1.54, 1.807) is 19.9 Å². The molecule has 5 heteroatoms. The summed E-state index contributed by atoms with van der Waals surface area (Å²) in [7, 11) is 1.42. The second-order valence-electron chi connectivity index (χ2n) is 3.98. The predicted molar refractivity (Wildman–Crippen MR) is 58.7 cm³/mol. The number of nitrogens with zero attached hydrogens (tertiary/aromatic N) is 1. The van der Waals surface area contributed by atoms with Crippen LogP contribution in [0.25, 0.3) is 0 Å². The number of rotatable bonds is 4. The van der Waals surface area contributed by atoms with Crippen molar-refractivity contribution in [3.05, 3.63) is 33.9 Å². The summed E-state index contributed by atoms with van der Waals surface area (Å²) in [6.07, 6.45) is 0.788. The first-order valence-electron chi connectivity index (χ1n) is 4.71. The number of aldehydes is 1. The Hall–Kier alpha value is -1.91. The third kappa shape index (κ3) is 2.18. The maximum Gasteiger partial charge on any atom is 0.273 e. The van der Waals surface area contributed by atoms with E-state index in [0.717, 1.165) is 6.29 Å². The molecule has 0 atom stereocenters. The zero-order chi connectivity index (χ0) is 12.3. The highest BCUT2D eigenvalue weighted by Gasteiger charge is 2.25. The van der Waals surface area contributed by atoms with E-state index in [1.165, 1.54) is 19.2 Å². The largest absolute Gasteiger partial charge is 0.496 e. The highest BCUT2D eigenvalue weighted by molar-refractivity contribution is 5.70. The lowest BCUT2D eigenvalue weighted by molar-refractivity contribution is -0.384. The Balaban J connectivity index is 3.32. The Morgan fingerprint density at radius 3 is 2.50 bits per heavy atom. The molecule has 86 valence electrons. The van der Waals surface area contributed by atoms with Crippen LogP contribution in [0.4, 0.5) is 5.69 Å². The summed E-state index contributed by atoms with van der Waals surface area (Å²) < 4.78 is 5.06. The molecular formula is C11H13NO4. The van der Waals surface area contributed by atoms with Crippen molar-refractivity contribution in [1.82, 2.24) is 0 Å². The number of non-ortho nitro benzene ring substituents is 1. The van der Waals surface area contributed by atoms with Gasteiger partial charge in [0.1, 0.15) is 12.0 Å². The Morgan fingerprint density at radius 2 is 2.06 bits per heavy atom. The summed E-state index contributed by atoms with van der Waals surface area (Å²) >= 11 is 0. The van der Waals surface area contributed by atoms with Crippen molar-refractivity contribution < 1.29 is 14.5 Å². The van der Waals surface area contributed by atoms with E-state index in [9.17, 15) is 14.9 Å². The molecule has 0 unspecified atom stereocenters. The van der Waals surface area contributed by atoms with Crippen LogP contribution in [-0.4, -0.2) is 18.3 Å². The van der Waals surface area contributed by atoms with Gasteiger partial charge >= 0.3 is 0 Å². The third-order valence-electron chi connectivity index (χ3n) is 2.38. The van der Waals surface area contributed by atoms with E-state index in [-0.39, 0.29) is 5.69 Å². The van der Waals surface area contributed by atoms with Crippen LogP contribution in [-0.2, 0) is 10.2 Å². The Bertz CT molecular complexity index is 426. The van der Waals surface area contributed by atoms with Gasteiger partial charge in [0.05, 0.1) is 18.1 Å². The molecule has 0 aliphatic carbocycles. The highest BCUT2D eigenvalue weighted by atomic mass is 16.6. The minimum absolute atomic E-state index is 0.0534. The monoisotopic (exact) mass is 223 g/mol. The number of carbonyl (C=O) groups excluding carboxylic acids is 1. The molecule has 0 saturated heterocycles. The molecule has 0 heterocycles. The van der Waals surface area contributed by atoms with E-state index >= 15 is 0 Å². The van der Waals surface area contributed by atoms with Gasteiger partial charge in [0.25, 0.3) is 5.69 Å². The first kappa shape index (κ1) is 12.2. The maximum atomic E-state index is 10.9. The SMILES string of the molecule is COc1cc([N+](=O)[O-])ccc1C(C)(C)C=O. The molecular weight excluding hydrogens is 210 g/mol. The van der Waals surface area contributed by atoms with Crippen molar-refractivity contribution in [2.75, 3.05) is 7.11 Å². The molecule has 5 nitrogen and oxygen atoms in total. The fourth-order valence-corrected chi connectivity index (χ4v) is 1.39. The van der Waals surface area contributed by atoms with E-state index in [0.29, 0.717) is 11.3 Å². The van der Waals surface area contributed by atoms with E-state index in [1.807, 2.05) is 0 Å². The number of benzene rings is 1. The van der Waals surface area contributed by atoms with E-state index < -0.39 is 10.3 Å². The molecule has 1 aromatic rings. The van der Waals surface area contributed by atoms with Crippen molar-refractivity contribution in [2.24, 2.45) is 0 Å². The zero-order valence-corrected chi connectivity index (χ0v) is 9.39. The maximum absolute atomic E-state index is 10.9. The predicted octanol–water partition coefficient (Wildman–Crippen LogP) is 2.08. The van der Waals surface area contributed by atoms with Crippen LogP contribution in [0.3, 0.4) is 0 Å². The number of hydrogen-bond acceptors (Lipinski definition) is 4. The molecule has 0 saturated carbocycles. The fourth-order valence-electron chi connectivity index (χ4n) is 1.39. The van der Waals surface area contributed by atoms with Crippen molar-refractivity contribution in [3.63, 3.8) is 0 Å². The Labute approximate surface area is 93.2 Å². The standard InChI is InChI=1S/C11H13NO4/c1-11(2,7-13)9-5-4-8(12(14)15)6-10(9)16-3/h4-7H,1-3H3. The average Bonchev–Trinajstić information content (AvgIpc) is 2.28. The quantitative estimate of drug-likeness (QED) is 0.445. The summed E-state index contributed by atoms with van der Waals surface area (Å²) in [6, 6.07) is 4.23. The second kappa shape index (κ2) is 4.30. The molecule has 0 aromatic heterocycles. The summed E-state index contributed by atoms with van der Waals surface area (Å²) in [5.74, 6) is 0.353. The van der Waals surface area contributed by atoms with Crippen LogP contribution in [0.15, 0.2) is 18.2 Å². The van der Waals surface area contributed by atoms with Gasteiger partial charge in [-0.2, -0.15) is 0 Å². The molecule has 0 aliphatic rings. The molecule has 0 aliphatic heterocycles. The number of hydrogen-bond donors (Lipinski definition) is 0. The van der Waals surface area contributed by atoms with Crippen LogP contribution in [0.5, 0.6) is 5.75 Å². The summed E-state index contributed by atoms with van der Waals surface area (Å²) in [5, 5.41) is 10.6. The van der Waals surface area contributed by atoms with Crippen LogP contribution < -0.4 is 4.74 Å². The van der Waals surface area contributed by atoms with Crippen LogP contribution >= 0.6 is 0 Å². The van der Waals surface area contributed by atoms with Crippen molar-refractivity contribution in [1.29, 1.82) is 0 Å². The minimum Gasteiger partial charge on any atom is -0.496 e. The topological polar surface area (TPSA) is 69.4 Å². The van der Waals surface area contributed by atoms with Gasteiger partial charge in [-0.3, -0.25) is 10.1 Å². The number of nitro groups is 1. The van der Waals surface area contributed by atoms with Gasteiger partial charge in [-0.25, -0.2) is 0 Å². The molecule has 0 radical (unpaired) electrons. The van der Waals surface area contributed by atoms with Gasteiger partial charge in [-0.1, -0.05) is 0 Å². The van der Waals surface area contributed by atoms with E-state index in [2.05, 4.69) is 0 Å². The van der Waals surface area contributed by atoms with Crippen LogP contribution in [0.2, 0.25) is 0 Å². The van der Waals surface area contributed by atoms with Crippen LogP contribution in [0, 0.1) is 10.1 Å². The number of carbonyl (C=O) groups is 1. The van der Waals surface area contributed by atoms with Gasteiger partial charge in [0.15, 0.2) is 0 Å². The summed E-state index contributed by atoms with van der Waals surface area (Å²) in [6.45, 7) is 3.45. The number of nitro benzene ring substituents is 1. The molecule has 0 fully saturated rings.